The lowest BCUT2D eigenvalue weighted by molar-refractivity contribution is 0.590. The summed E-state index contributed by atoms with van der Waals surface area (Å²) in [5.41, 5.74) is 12.8. The van der Waals surface area contributed by atoms with Gasteiger partial charge in [-0.1, -0.05) is 158 Å². The average molecular weight is 808 g/mol. The van der Waals surface area contributed by atoms with Gasteiger partial charge in [-0.25, -0.2) is 15.0 Å². The molecule has 0 aliphatic heterocycles. The van der Waals surface area contributed by atoms with Gasteiger partial charge in [0, 0.05) is 66.5 Å². The normalized spacial score (nSPS) is 13.7. The van der Waals surface area contributed by atoms with E-state index in [1.165, 1.54) is 38.2 Å². The minimum atomic E-state index is 0.228. The molecule has 4 heterocycles. The Morgan fingerprint density at radius 2 is 0.952 bits per heavy atom. The third kappa shape index (κ3) is 5.62. The fourth-order valence-corrected chi connectivity index (χ4v) is 9.92. The van der Waals surface area contributed by atoms with Crippen molar-refractivity contribution in [1.29, 1.82) is 0 Å². The van der Waals surface area contributed by atoms with Gasteiger partial charge in [0.05, 0.1) is 22.1 Å². The predicted molar refractivity (Wildman–Crippen MR) is 257 cm³/mol. The molecule has 4 aromatic heterocycles. The molecule has 6 heteroatoms. The quantitative estimate of drug-likeness (QED) is 0.168. The van der Waals surface area contributed by atoms with Gasteiger partial charge in [-0.3, -0.25) is 0 Å². The number of fused-ring (bicyclic) bond motifs is 10. The van der Waals surface area contributed by atoms with Crippen molar-refractivity contribution in [1.82, 2.24) is 24.1 Å². The van der Waals surface area contributed by atoms with Crippen LogP contribution in [0.1, 0.15) is 29.2 Å². The fraction of sp³-hybridized carbons (Fsp3) is 0.0351. The largest absolute Gasteiger partial charge is 0.456 e. The van der Waals surface area contributed by atoms with Gasteiger partial charge in [-0.15, -0.1) is 0 Å². The molecule has 12 aromatic rings. The van der Waals surface area contributed by atoms with Crippen molar-refractivity contribution in [3.05, 3.63) is 217 Å². The van der Waals surface area contributed by atoms with Crippen molar-refractivity contribution >= 4 is 60.7 Å². The molecule has 1 unspecified atom stereocenters. The summed E-state index contributed by atoms with van der Waals surface area (Å²) >= 11 is 0. The number of benzene rings is 8. The Morgan fingerprint density at radius 3 is 1.63 bits per heavy atom. The van der Waals surface area contributed by atoms with Gasteiger partial charge in [0.1, 0.15) is 11.3 Å². The van der Waals surface area contributed by atoms with Gasteiger partial charge in [0.25, 0.3) is 0 Å². The number of para-hydroxylation sites is 3. The molecule has 0 bridgehead atoms. The van der Waals surface area contributed by atoms with E-state index in [9.17, 15) is 0 Å². The maximum atomic E-state index is 6.59. The van der Waals surface area contributed by atoms with E-state index < -0.39 is 0 Å². The van der Waals surface area contributed by atoms with Crippen LogP contribution < -0.4 is 0 Å². The van der Waals surface area contributed by atoms with Crippen LogP contribution in [0.2, 0.25) is 0 Å². The number of rotatable bonds is 6. The number of hydrogen-bond acceptors (Lipinski definition) is 4. The van der Waals surface area contributed by atoms with Crippen LogP contribution in [0.4, 0.5) is 0 Å². The molecule has 63 heavy (non-hydrogen) atoms. The van der Waals surface area contributed by atoms with Gasteiger partial charge in [-0.05, 0) is 60.5 Å². The second kappa shape index (κ2) is 14.1. The number of nitrogens with zero attached hydrogens (tertiary/aromatic N) is 5. The highest BCUT2D eigenvalue weighted by Crippen LogP contribution is 2.44. The number of allylic oxidation sites excluding steroid dienone is 1. The zero-order chi connectivity index (χ0) is 41.4. The third-order valence-electron chi connectivity index (χ3n) is 12.7. The van der Waals surface area contributed by atoms with E-state index in [0.29, 0.717) is 17.5 Å². The molecule has 0 amide bonds. The molecule has 0 radical (unpaired) electrons. The first-order valence-corrected chi connectivity index (χ1v) is 21.5. The molecular formula is C57H37N5O. The van der Waals surface area contributed by atoms with E-state index in [2.05, 4.69) is 185 Å². The van der Waals surface area contributed by atoms with Crippen molar-refractivity contribution < 1.29 is 4.42 Å². The highest BCUT2D eigenvalue weighted by molar-refractivity contribution is 6.23. The zero-order valence-corrected chi connectivity index (χ0v) is 34.1. The van der Waals surface area contributed by atoms with Crippen molar-refractivity contribution in [2.45, 2.75) is 12.3 Å². The molecular weight excluding hydrogens is 771 g/mol. The van der Waals surface area contributed by atoms with Crippen molar-refractivity contribution in [3.63, 3.8) is 0 Å². The first-order chi connectivity index (χ1) is 31.2. The lowest BCUT2D eigenvalue weighted by atomic mass is 9.84. The summed E-state index contributed by atoms with van der Waals surface area (Å²) < 4.78 is 11.4. The summed E-state index contributed by atoms with van der Waals surface area (Å²) in [5.74, 6) is 2.92. The maximum Gasteiger partial charge on any atom is 0.164 e. The third-order valence-corrected chi connectivity index (χ3v) is 12.7. The predicted octanol–water partition coefficient (Wildman–Crippen LogP) is 14.4. The van der Waals surface area contributed by atoms with Crippen molar-refractivity contribution in [3.8, 4) is 45.5 Å². The van der Waals surface area contributed by atoms with Gasteiger partial charge in [-0.2, -0.15) is 0 Å². The smallest absolute Gasteiger partial charge is 0.164 e. The topological polar surface area (TPSA) is 61.7 Å². The highest BCUT2D eigenvalue weighted by Gasteiger charge is 2.26. The molecule has 0 N–H and O–H groups in total. The number of furan rings is 1. The van der Waals surface area contributed by atoms with Gasteiger partial charge < -0.3 is 13.6 Å². The molecule has 1 aliphatic rings. The molecule has 1 atom stereocenters. The maximum absolute atomic E-state index is 6.59. The summed E-state index contributed by atoms with van der Waals surface area (Å²) in [6.07, 6.45) is 5.26. The minimum Gasteiger partial charge on any atom is -0.456 e. The Morgan fingerprint density at radius 1 is 0.429 bits per heavy atom. The van der Waals surface area contributed by atoms with Crippen LogP contribution >= 0.6 is 0 Å². The molecule has 296 valence electrons. The molecule has 13 rings (SSSR count). The van der Waals surface area contributed by atoms with E-state index in [-0.39, 0.29) is 5.92 Å². The molecule has 8 aromatic carbocycles. The average Bonchev–Trinajstić information content (AvgIpc) is 4.02. The van der Waals surface area contributed by atoms with Crippen LogP contribution in [-0.4, -0.2) is 24.1 Å². The summed E-state index contributed by atoms with van der Waals surface area (Å²) in [4.78, 5) is 15.5. The Bertz CT molecular complexity index is 3770. The first-order valence-electron chi connectivity index (χ1n) is 21.5. The van der Waals surface area contributed by atoms with Crippen molar-refractivity contribution in [2.24, 2.45) is 0 Å². The van der Waals surface area contributed by atoms with E-state index >= 15 is 0 Å². The van der Waals surface area contributed by atoms with Crippen LogP contribution in [0, 0.1) is 0 Å². The van der Waals surface area contributed by atoms with Gasteiger partial charge >= 0.3 is 0 Å². The Labute approximate surface area is 362 Å². The van der Waals surface area contributed by atoms with E-state index in [0.717, 1.165) is 67.8 Å². The zero-order valence-electron chi connectivity index (χ0n) is 34.1. The van der Waals surface area contributed by atoms with Crippen molar-refractivity contribution in [2.75, 3.05) is 0 Å². The molecule has 6 nitrogen and oxygen atoms in total. The second-order valence-corrected chi connectivity index (χ2v) is 16.3. The summed E-state index contributed by atoms with van der Waals surface area (Å²) in [5, 5.41) is 5.92. The van der Waals surface area contributed by atoms with Crippen LogP contribution in [0.25, 0.3) is 106 Å². The molecule has 0 saturated carbocycles. The van der Waals surface area contributed by atoms with Gasteiger partial charge in [0.2, 0.25) is 0 Å². The van der Waals surface area contributed by atoms with E-state index in [4.69, 9.17) is 19.4 Å². The summed E-state index contributed by atoms with van der Waals surface area (Å²) in [6.45, 7) is 0. The van der Waals surface area contributed by atoms with Crippen LogP contribution in [0.15, 0.2) is 205 Å². The van der Waals surface area contributed by atoms with Crippen LogP contribution in [-0.2, 0) is 0 Å². The summed E-state index contributed by atoms with van der Waals surface area (Å²) in [7, 11) is 0. The standard InChI is InChI=1S/C57H37N5O/c1-4-16-36(17-5-1)42-26-15-29-50-52(42)47-31-30-39(35-51(47)63-50)57-59-55(37-18-6-2-7-19-37)58-56(60-57)38-20-14-23-41(34-38)62-49-28-13-11-25-44(49)46-33-32-45-43-24-10-12-27-48(43)61(53(45)54(46)62)40-21-8-3-9-22-40/h1-25,27-35,42H,26H2. The van der Waals surface area contributed by atoms with Gasteiger partial charge in [0.15, 0.2) is 17.5 Å². The lowest BCUT2D eigenvalue weighted by Gasteiger charge is -2.19. The Kier molecular flexibility index (Phi) is 7.93. The number of aromatic nitrogens is 5. The summed E-state index contributed by atoms with van der Waals surface area (Å²) in [6, 6.07) is 68.5. The van der Waals surface area contributed by atoms with E-state index in [1.54, 1.807) is 0 Å². The monoisotopic (exact) mass is 807 g/mol. The SMILES string of the molecule is C1=Cc2oc3cc(-c4nc(-c5ccccc5)nc(-c5cccc(-n6c7ccccc7c7ccc8c9ccccc9n(-c9ccccc9)c8c76)c5)n4)ccc3c2C(c2ccccc2)C1. The molecule has 0 spiro atoms. The van der Waals surface area contributed by atoms with Crippen LogP contribution in [0.3, 0.4) is 0 Å². The second-order valence-electron chi connectivity index (χ2n) is 16.3. The first kappa shape index (κ1) is 35.4. The van der Waals surface area contributed by atoms with Crippen LogP contribution in [0.5, 0.6) is 0 Å². The molecule has 0 fully saturated rings. The fourth-order valence-electron chi connectivity index (χ4n) is 9.92. The van der Waals surface area contributed by atoms with E-state index in [1.807, 2.05) is 30.3 Å². The Balaban J connectivity index is 1.01. The molecule has 0 saturated heterocycles. The Hall–Kier alpha value is -8.35. The minimum absolute atomic E-state index is 0.228. The lowest BCUT2D eigenvalue weighted by Crippen LogP contribution is -2.03. The highest BCUT2D eigenvalue weighted by atomic mass is 16.3. The molecule has 1 aliphatic carbocycles. The number of hydrogen-bond donors (Lipinski definition) is 0.